The van der Waals surface area contributed by atoms with Crippen molar-refractivity contribution in [1.82, 2.24) is 15.2 Å². The molecule has 1 atom stereocenters. The topological polar surface area (TPSA) is 79.8 Å². The molecule has 2 aromatic rings. The minimum Gasteiger partial charge on any atom is -0.357 e. The molecule has 0 aliphatic heterocycles. The summed E-state index contributed by atoms with van der Waals surface area (Å²) in [6, 6.07) is 1.52. The average molecular weight is 390 g/mol. The van der Waals surface area contributed by atoms with Gasteiger partial charge in [-0.15, -0.1) is 16.8 Å². The number of carbonyl (C=O) groups is 1. The largest absolute Gasteiger partial charge is 0.357 e. The molecule has 0 radical (unpaired) electrons. The van der Waals surface area contributed by atoms with Gasteiger partial charge < -0.3 is 10.6 Å². The molecule has 2 rings (SSSR count). The zero-order chi connectivity index (χ0) is 16.8. The third-order valence-corrected chi connectivity index (χ3v) is 5.06. The van der Waals surface area contributed by atoms with Crippen LogP contribution in [0.25, 0.3) is 0 Å². The molecule has 23 heavy (non-hydrogen) atoms. The van der Waals surface area contributed by atoms with E-state index in [4.69, 9.17) is 23.2 Å². The molecule has 1 unspecified atom stereocenters. The Morgan fingerprint density at radius 3 is 3.00 bits per heavy atom. The van der Waals surface area contributed by atoms with Crippen LogP contribution < -0.4 is 10.6 Å². The van der Waals surface area contributed by atoms with Crippen molar-refractivity contribution in [2.24, 2.45) is 0 Å². The number of carbonyl (C=O) groups excluding carboxylic acids is 1. The van der Waals surface area contributed by atoms with Crippen LogP contribution in [-0.4, -0.2) is 32.9 Å². The number of nitrogens with one attached hydrogen (secondary N) is 2. The van der Waals surface area contributed by atoms with E-state index < -0.39 is 0 Å². The summed E-state index contributed by atoms with van der Waals surface area (Å²) in [5, 5.41) is 14.7. The predicted octanol–water partition coefficient (Wildman–Crippen LogP) is 3.96. The molecule has 0 spiro atoms. The molecule has 1 amide bonds. The lowest BCUT2D eigenvalue weighted by Crippen LogP contribution is -2.23. The molecule has 0 saturated carbocycles. The summed E-state index contributed by atoms with van der Waals surface area (Å²) in [6.45, 7) is 5.99. The molecule has 6 nitrogen and oxygen atoms in total. The van der Waals surface area contributed by atoms with E-state index in [2.05, 4.69) is 32.4 Å². The molecule has 0 aliphatic carbocycles. The summed E-state index contributed by atoms with van der Waals surface area (Å²) in [6.07, 6.45) is 3.15. The Kier molecular flexibility index (Phi) is 6.64. The summed E-state index contributed by atoms with van der Waals surface area (Å²) in [5.74, 6) is 0.0432. The Morgan fingerprint density at radius 2 is 2.30 bits per heavy atom. The molecule has 2 aromatic heterocycles. The predicted molar refractivity (Wildman–Crippen MR) is 96.8 cm³/mol. The monoisotopic (exact) mass is 389 g/mol. The van der Waals surface area contributed by atoms with E-state index in [1.807, 2.05) is 0 Å². The van der Waals surface area contributed by atoms with Crippen molar-refractivity contribution in [3.05, 3.63) is 35.0 Å². The Morgan fingerprint density at radius 1 is 1.52 bits per heavy atom. The number of pyridine rings is 1. The summed E-state index contributed by atoms with van der Waals surface area (Å²) in [5.41, 5.74) is 0. The minimum atomic E-state index is -0.385. The van der Waals surface area contributed by atoms with Crippen LogP contribution in [0.1, 0.15) is 6.92 Å². The molecular weight excluding hydrogens is 377 g/mol. The molecule has 0 bridgehead atoms. The number of halogens is 2. The fourth-order valence-electron chi connectivity index (χ4n) is 1.42. The van der Waals surface area contributed by atoms with Gasteiger partial charge in [0.1, 0.15) is 0 Å². The van der Waals surface area contributed by atoms with Gasteiger partial charge in [0.05, 0.1) is 15.3 Å². The third kappa shape index (κ3) is 5.35. The standard InChI is InChI=1S/C13H13Cl2N5OS2/c1-3-4-16-12-19-20-13(23-12)22-7(2)11(21)18-10-9(15)5-8(14)6-17-10/h3,5-7H,1,4H2,2H3,(H,16,19)(H,17,18,21). The van der Waals surface area contributed by atoms with Crippen molar-refractivity contribution in [3.63, 3.8) is 0 Å². The number of rotatable bonds is 7. The van der Waals surface area contributed by atoms with Crippen LogP contribution in [0.2, 0.25) is 10.0 Å². The second kappa shape index (κ2) is 8.49. The first-order chi connectivity index (χ1) is 11.0. The highest BCUT2D eigenvalue weighted by Gasteiger charge is 2.18. The van der Waals surface area contributed by atoms with E-state index in [1.54, 1.807) is 13.0 Å². The van der Waals surface area contributed by atoms with Crippen molar-refractivity contribution >= 4 is 63.2 Å². The quantitative estimate of drug-likeness (QED) is 0.550. The first-order valence-corrected chi connectivity index (χ1v) is 8.91. The number of amides is 1. The Labute approximate surface area is 151 Å². The van der Waals surface area contributed by atoms with Gasteiger partial charge >= 0.3 is 0 Å². The van der Waals surface area contributed by atoms with Crippen LogP contribution in [0.15, 0.2) is 29.3 Å². The first kappa shape index (κ1) is 18.0. The summed E-state index contributed by atoms with van der Waals surface area (Å²) < 4.78 is 0.689. The smallest absolute Gasteiger partial charge is 0.238 e. The lowest BCUT2D eigenvalue weighted by atomic mass is 10.4. The molecule has 2 heterocycles. The summed E-state index contributed by atoms with van der Waals surface area (Å²) in [4.78, 5) is 16.2. The number of anilines is 2. The zero-order valence-electron chi connectivity index (χ0n) is 12.0. The first-order valence-electron chi connectivity index (χ1n) is 6.46. The number of nitrogens with zero attached hydrogens (tertiary/aromatic N) is 3. The number of aromatic nitrogens is 3. The molecular formula is C13H13Cl2N5OS2. The average Bonchev–Trinajstić information content (AvgIpc) is 2.95. The van der Waals surface area contributed by atoms with Crippen molar-refractivity contribution < 1.29 is 4.79 Å². The SMILES string of the molecule is C=CCNc1nnc(SC(C)C(=O)Nc2ncc(Cl)cc2Cl)s1. The summed E-state index contributed by atoms with van der Waals surface area (Å²) in [7, 11) is 0. The van der Waals surface area contributed by atoms with Gasteiger partial charge in [0.25, 0.3) is 0 Å². The van der Waals surface area contributed by atoms with Gasteiger partial charge in [0, 0.05) is 12.7 Å². The number of hydrogen-bond acceptors (Lipinski definition) is 7. The van der Waals surface area contributed by atoms with Crippen LogP contribution in [0, 0.1) is 0 Å². The lowest BCUT2D eigenvalue weighted by molar-refractivity contribution is -0.115. The molecule has 2 N–H and O–H groups in total. The Hall–Kier alpha value is -1.35. The van der Waals surface area contributed by atoms with E-state index in [0.29, 0.717) is 21.0 Å². The maximum atomic E-state index is 12.2. The van der Waals surface area contributed by atoms with E-state index in [1.165, 1.54) is 35.4 Å². The minimum absolute atomic E-state index is 0.234. The van der Waals surface area contributed by atoms with Gasteiger partial charge in [0.15, 0.2) is 10.2 Å². The number of hydrogen-bond donors (Lipinski definition) is 2. The van der Waals surface area contributed by atoms with Crippen molar-refractivity contribution in [2.45, 2.75) is 16.5 Å². The highest BCUT2D eigenvalue weighted by atomic mass is 35.5. The van der Waals surface area contributed by atoms with Crippen LogP contribution in [0.5, 0.6) is 0 Å². The van der Waals surface area contributed by atoms with Crippen molar-refractivity contribution in [1.29, 1.82) is 0 Å². The van der Waals surface area contributed by atoms with Crippen LogP contribution in [0.3, 0.4) is 0 Å². The summed E-state index contributed by atoms with van der Waals surface area (Å²) >= 11 is 14.4. The number of thioether (sulfide) groups is 1. The zero-order valence-corrected chi connectivity index (χ0v) is 15.2. The fourth-order valence-corrected chi connectivity index (χ4v) is 3.75. The highest BCUT2D eigenvalue weighted by Crippen LogP contribution is 2.30. The van der Waals surface area contributed by atoms with Gasteiger partial charge in [-0.05, 0) is 13.0 Å². The Balaban J connectivity index is 1.94. The van der Waals surface area contributed by atoms with Gasteiger partial charge in [-0.2, -0.15) is 0 Å². The van der Waals surface area contributed by atoms with Crippen molar-refractivity contribution in [2.75, 3.05) is 17.2 Å². The van der Waals surface area contributed by atoms with E-state index in [0.717, 1.165) is 0 Å². The maximum absolute atomic E-state index is 12.2. The normalized spacial score (nSPS) is 11.8. The van der Waals surface area contributed by atoms with Crippen LogP contribution in [0.4, 0.5) is 10.9 Å². The second-order valence-electron chi connectivity index (χ2n) is 4.28. The second-order valence-corrected chi connectivity index (χ2v) is 7.69. The highest BCUT2D eigenvalue weighted by molar-refractivity contribution is 8.02. The molecule has 0 aliphatic rings. The van der Waals surface area contributed by atoms with Crippen molar-refractivity contribution in [3.8, 4) is 0 Å². The van der Waals surface area contributed by atoms with Gasteiger partial charge in [0.2, 0.25) is 11.0 Å². The fraction of sp³-hybridized carbons (Fsp3) is 0.231. The van der Waals surface area contributed by atoms with E-state index >= 15 is 0 Å². The van der Waals surface area contributed by atoms with Gasteiger partial charge in [-0.25, -0.2) is 4.98 Å². The maximum Gasteiger partial charge on any atom is 0.238 e. The van der Waals surface area contributed by atoms with E-state index in [-0.39, 0.29) is 22.0 Å². The van der Waals surface area contributed by atoms with Gasteiger partial charge in [-0.1, -0.05) is 52.4 Å². The lowest BCUT2D eigenvalue weighted by Gasteiger charge is -2.10. The van der Waals surface area contributed by atoms with E-state index in [9.17, 15) is 4.79 Å². The van der Waals surface area contributed by atoms with Crippen LogP contribution >= 0.6 is 46.3 Å². The van der Waals surface area contributed by atoms with Crippen LogP contribution in [-0.2, 0) is 4.79 Å². The van der Waals surface area contributed by atoms with Gasteiger partial charge in [-0.3, -0.25) is 4.79 Å². The third-order valence-electron chi connectivity index (χ3n) is 2.50. The Bertz CT molecular complexity index is 709. The molecule has 0 fully saturated rings. The molecule has 0 saturated heterocycles. The molecule has 0 aromatic carbocycles. The molecule has 122 valence electrons. The molecule has 10 heteroatoms.